The van der Waals surface area contributed by atoms with Gasteiger partial charge in [-0.3, -0.25) is 0 Å². The van der Waals surface area contributed by atoms with Gasteiger partial charge in [-0.15, -0.1) is 5.69 Å². The van der Waals surface area contributed by atoms with Crippen LogP contribution in [0.25, 0.3) is 5.73 Å². The number of rotatable bonds is 2. The summed E-state index contributed by atoms with van der Waals surface area (Å²) < 4.78 is 0. The van der Waals surface area contributed by atoms with Crippen molar-refractivity contribution in [2.75, 3.05) is 0 Å². The van der Waals surface area contributed by atoms with Gasteiger partial charge in [0.15, 0.2) is 0 Å². The standard InChI is InChI=1S/C17H18N5/c1-9(20)13-6-12(4-5-16(13)21)17-14(7-18)10(2)22-11(3)15(17)8-19/h4-6,9,17,21-22H,20H2,1-3H3/q-1. The van der Waals surface area contributed by atoms with Gasteiger partial charge in [0.25, 0.3) is 0 Å². The number of nitrogens with two attached hydrogens (primary N) is 1. The Morgan fingerprint density at radius 2 is 1.73 bits per heavy atom. The van der Waals surface area contributed by atoms with Gasteiger partial charge < -0.3 is 16.8 Å². The van der Waals surface area contributed by atoms with E-state index in [1.165, 1.54) is 0 Å². The molecule has 0 aliphatic carbocycles. The third-order valence-electron chi connectivity index (χ3n) is 3.90. The van der Waals surface area contributed by atoms with Crippen molar-refractivity contribution in [2.45, 2.75) is 32.7 Å². The van der Waals surface area contributed by atoms with Crippen LogP contribution >= 0.6 is 0 Å². The lowest BCUT2D eigenvalue weighted by molar-refractivity contribution is 0.798. The lowest BCUT2D eigenvalue weighted by Gasteiger charge is -2.27. The van der Waals surface area contributed by atoms with Crippen LogP contribution in [0.2, 0.25) is 0 Å². The van der Waals surface area contributed by atoms with Crippen molar-refractivity contribution >= 4 is 5.69 Å². The van der Waals surface area contributed by atoms with Crippen LogP contribution in [0.4, 0.5) is 5.69 Å². The lowest BCUT2D eigenvalue weighted by Crippen LogP contribution is -2.23. The molecule has 1 aromatic carbocycles. The minimum absolute atomic E-state index is 0.277. The molecule has 1 aromatic rings. The lowest BCUT2D eigenvalue weighted by atomic mass is 9.80. The monoisotopic (exact) mass is 292 g/mol. The number of hydrogen-bond acceptors (Lipinski definition) is 4. The molecule has 1 atom stereocenters. The summed E-state index contributed by atoms with van der Waals surface area (Å²) in [5, 5.41) is 22.1. The summed E-state index contributed by atoms with van der Waals surface area (Å²) in [6.07, 6.45) is 0. The first-order chi connectivity index (χ1) is 10.4. The predicted molar refractivity (Wildman–Crippen MR) is 85.5 cm³/mol. The van der Waals surface area contributed by atoms with Crippen molar-refractivity contribution in [3.8, 4) is 12.1 Å². The Balaban J connectivity index is 2.67. The van der Waals surface area contributed by atoms with E-state index in [9.17, 15) is 10.5 Å². The van der Waals surface area contributed by atoms with Crippen LogP contribution in [-0.4, -0.2) is 0 Å². The van der Waals surface area contributed by atoms with E-state index in [0.717, 1.165) is 17.0 Å². The minimum atomic E-state index is -0.408. The molecule has 1 unspecified atom stereocenters. The molecule has 112 valence electrons. The van der Waals surface area contributed by atoms with Crippen LogP contribution < -0.4 is 11.1 Å². The van der Waals surface area contributed by atoms with Crippen LogP contribution in [0.15, 0.2) is 40.7 Å². The van der Waals surface area contributed by atoms with E-state index in [0.29, 0.717) is 22.4 Å². The number of allylic oxidation sites excluding steroid dienone is 4. The third-order valence-corrected chi connectivity index (χ3v) is 3.90. The molecule has 1 aliphatic rings. The zero-order valence-electron chi connectivity index (χ0n) is 12.9. The molecular weight excluding hydrogens is 274 g/mol. The van der Waals surface area contributed by atoms with Crippen molar-refractivity contribution in [1.29, 1.82) is 10.5 Å². The van der Waals surface area contributed by atoms with Crippen molar-refractivity contribution < 1.29 is 0 Å². The maximum Gasteiger partial charge on any atom is 0.0975 e. The Morgan fingerprint density at radius 3 is 2.18 bits per heavy atom. The van der Waals surface area contributed by atoms with Gasteiger partial charge in [-0.05, 0) is 31.9 Å². The first-order valence-corrected chi connectivity index (χ1v) is 7.00. The highest BCUT2D eigenvalue weighted by Gasteiger charge is 2.29. The van der Waals surface area contributed by atoms with Crippen LogP contribution in [0.3, 0.4) is 0 Å². The first-order valence-electron chi connectivity index (χ1n) is 7.00. The maximum atomic E-state index is 9.48. The van der Waals surface area contributed by atoms with Crippen LogP contribution in [0, 0.1) is 22.7 Å². The zero-order valence-corrected chi connectivity index (χ0v) is 12.9. The van der Waals surface area contributed by atoms with Gasteiger partial charge in [-0.2, -0.15) is 10.5 Å². The summed E-state index contributed by atoms with van der Waals surface area (Å²) in [6.45, 7) is 5.47. The fourth-order valence-corrected chi connectivity index (χ4v) is 2.76. The largest absolute Gasteiger partial charge is 0.698 e. The van der Waals surface area contributed by atoms with E-state index in [2.05, 4.69) is 17.5 Å². The zero-order chi connectivity index (χ0) is 16.4. The van der Waals surface area contributed by atoms with Crippen LogP contribution in [-0.2, 0) is 0 Å². The fourth-order valence-electron chi connectivity index (χ4n) is 2.76. The summed E-state index contributed by atoms with van der Waals surface area (Å²) in [4.78, 5) is 0. The topological polar surface area (TPSA) is 109 Å². The molecule has 1 heterocycles. The van der Waals surface area contributed by atoms with E-state index in [-0.39, 0.29) is 6.04 Å². The van der Waals surface area contributed by atoms with Crippen molar-refractivity contribution in [3.05, 3.63) is 57.6 Å². The highest BCUT2D eigenvalue weighted by molar-refractivity contribution is 5.60. The Morgan fingerprint density at radius 1 is 1.18 bits per heavy atom. The number of dihydropyridines is 1. The van der Waals surface area contributed by atoms with Crippen LogP contribution in [0.1, 0.15) is 43.9 Å². The van der Waals surface area contributed by atoms with Gasteiger partial charge in [-0.25, -0.2) is 0 Å². The van der Waals surface area contributed by atoms with E-state index in [4.69, 9.17) is 11.5 Å². The minimum Gasteiger partial charge on any atom is -0.698 e. The van der Waals surface area contributed by atoms with Crippen molar-refractivity contribution in [3.63, 3.8) is 0 Å². The van der Waals surface area contributed by atoms with Gasteiger partial charge in [-0.1, -0.05) is 18.2 Å². The molecule has 2 rings (SSSR count). The maximum absolute atomic E-state index is 9.48. The smallest absolute Gasteiger partial charge is 0.0975 e. The summed E-state index contributed by atoms with van der Waals surface area (Å²) in [5.41, 5.74) is 18.3. The summed E-state index contributed by atoms with van der Waals surface area (Å²) in [5.74, 6) is -0.408. The number of nitriles is 2. The molecule has 0 aromatic heterocycles. The Bertz CT molecular complexity index is 720. The Kier molecular flexibility index (Phi) is 4.21. The molecule has 4 N–H and O–H groups in total. The normalized spacial score (nSPS) is 16.8. The second-order valence-corrected chi connectivity index (χ2v) is 5.49. The highest BCUT2D eigenvalue weighted by Crippen LogP contribution is 2.39. The summed E-state index contributed by atoms with van der Waals surface area (Å²) in [6, 6.07) is 9.42. The number of nitrogens with one attached hydrogen (secondary N) is 2. The molecule has 5 nitrogen and oxygen atoms in total. The molecule has 0 saturated carbocycles. The molecule has 0 amide bonds. The Labute approximate surface area is 130 Å². The molecule has 0 bridgehead atoms. The third kappa shape index (κ3) is 2.55. The van der Waals surface area contributed by atoms with Crippen molar-refractivity contribution in [1.82, 2.24) is 5.32 Å². The van der Waals surface area contributed by atoms with E-state index in [1.54, 1.807) is 12.1 Å². The Hall–Kier alpha value is -2.76. The molecule has 5 heteroatoms. The van der Waals surface area contributed by atoms with Gasteiger partial charge in [0, 0.05) is 17.4 Å². The van der Waals surface area contributed by atoms with E-state index in [1.807, 2.05) is 26.8 Å². The number of hydrogen-bond donors (Lipinski definition) is 2. The van der Waals surface area contributed by atoms with Crippen LogP contribution in [0.5, 0.6) is 0 Å². The van der Waals surface area contributed by atoms with Gasteiger partial charge in [0.2, 0.25) is 0 Å². The molecule has 0 saturated heterocycles. The molecule has 0 radical (unpaired) electrons. The SMILES string of the molecule is CC1=C(C#N)C(c2ccc([NH-])c(C(C)N)c2)C(C#N)=C(C)N1. The first kappa shape index (κ1) is 15.6. The number of benzene rings is 1. The molecule has 0 fully saturated rings. The molecule has 22 heavy (non-hydrogen) atoms. The quantitative estimate of drug-likeness (QED) is 0.866. The highest BCUT2D eigenvalue weighted by atomic mass is 14.9. The van der Waals surface area contributed by atoms with Gasteiger partial charge in [0.05, 0.1) is 29.2 Å². The molecular formula is C17H18N5-. The van der Waals surface area contributed by atoms with Gasteiger partial charge >= 0.3 is 0 Å². The average Bonchev–Trinajstić information content (AvgIpc) is 2.47. The van der Waals surface area contributed by atoms with Crippen molar-refractivity contribution in [2.24, 2.45) is 5.73 Å². The molecule has 0 spiro atoms. The summed E-state index contributed by atoms with van der Waals surface area (Å²) in [7, 11) is 0. The molecule has 1 aliphatic heterocycles. The fraction of sp³-hybridized carbons (Fsp3) is 0.294. The summed E-state index contributed by atoms with van der Waals surface area (Å²) >= 11 is 0. The second-order valence-electron chi connectivity index (χ2n) is 5.49. The second kappa shape index (κ2) is 5.93. The van der Waals surface area contributed by atoms with E-state index >= 15 is 0 Å². The average molecular weight is 292 g/mol. The number of nitrogens with zero attached hydrogens (tertiary/aromatic N) is 2. The van der Waals surface area contributed by atoms with E-state index < -0.39 is 5.92 Å². The predicted octanol–water partition coefficient (Wildman–Crippen LogP) is 3.67. The van der Waals surface area contributed by atoms with Gasteiger partial charge in [0.1, 0.15) is 0 Å².